The van der Waals surface area contributed by atoms with Gasteiger partial charge in [0.1, 0.15) is 5.82 Å². The quantitative estimate of drug-likeness (QED) is 0.737. The summed E-state index contributed by atoms with van der Waals surface area (Å²) < 4.78 is 5.55. The second kappa shape index (κ2) is 9.83. The van der Waals surface area contributed by atoms with Crippen molar-refractivity contribution in [3.63, 3.8) is 0 Å². The molecule has 1 aliphatic carbocycles. The molecule has 1 atom stereocenters. The normalized spacial score (nSPS) is 25.0. The van der Waals surface area contributed by atoms with E-state index in [2.05, 4.69) is 15.3 Å². The Morgan fingerprint density at radius 3 is 2.76 bits per heavy atom. The van der Waals surface area contributed by atoms with Crippen LogP contribution < -0.4 is 5.32 Å². The summed E-state index contributed by atoms with van der Waals surface area (Å²) in [6.45, 7) is 2.51. The van der Waals surface area contributed by atoms with Crippen LogP contribution in [0.2, 0.25) is 5.02 Å². The Morgan fingerprint density at radius 1 is 1.10 bits per heavy atom. The van der Waals surface area contributed by atoms with Gasteiger partial charge in [0.15, 0.2) is 0 Å². The number of aliphatic hydroxyl groups excluding tert-OH is 1. The summed E-state index contributed by atoms with van der Waals surface area (Å²) in [5.41, 5.74) is 2.64. The fraction of sp³-hybridized carbons (Fsp3) is 0.591. The molecule has 156 valence electrons. The van der Waals surface area contributed by atoms with Crippen LogP contribution in [0, 0.1) is 11.8 Å². The van der Waals surface area contributed by atoms with Crippen LogP contribution in [0.25, 0.3) is 11.3 Å². The average Bonchev–Trinajstić information content (AvgIpc) is 2.76. The fourth-order valence-corrected chi connectivity index (χ4v) is 4.43. The Kier molecular flexibility index (Phi) is 6.95. The van der Waals surface area contributed by atoms with E-state index in [1.54, 1.807) is 18.6 Å². The van der Waals surface area contributed by atoms with Gasteiger partial charge in [-0.25, -0.2) is 4.98 Å². The maximum atomic E-state index is 9.71. The van der Waals surface area contributed by atoms with E-state index in [0.29, 0.717) is 16.9 Å². The summed E-state index contributed by atoms with van der Waals surface area (Å²) in [6, 6.07) is 2.04. The van der Waals surface area contributed by atoms with Crippen molar-refractivity contribution >= 4 is 17.4 Å². The Labute approximate surface area is 177 Å². The SMILES string of the molecule is OC1CCC(Cc2cc(-c3cncc(NCC4CCCOC4)n3)c(Cl)cn2)CC1. The second-order valence-electron chi connectivity index (χ2n) is 8.29. The highest BCUT2D eigenvalue weighted by molar-refractivity contribution is 6.33. The minimum atomic E-state index is -0.134. The largest absolute Gasteiger partial charge is 0.393 e. The fourth-order valence-electron chi connectivity index (χ4n) is 4.23. The van der Waals surface area contributed by atoms with Crippen molar-refractivity contribution < 1.29 is 9.84 Å². The van der Waals surface area contributed by atoms with E-state index in [-0.39, 0.29) is 6.10 Å². The topological polar surface area (TPSA) is 80.2 Å². The highest BCUT2D eigenvalue weighted by atomic mass is 35.5. The van der Waals surface area contributed by atoms with Crippen LogP contribution in [-0.2, 0) is 11.2 Å². The smallest absolute Gasteiger partial charge is 0.145 e. The molecule has 7 heteroatoms. The molecule has 1 saturated heterocycles. The van der Waals surface area contributed by atoms with E-state index in [4.69, 9.17) is 21.3 Å². The molecule has 1 unspecified atom stereocenters. The van der Waals surface area contributed by atoms with Crippen LogP contribution in [-0.4, -0.2) is 45.9 Å². The molecule has 0 radical (unpaired) electrons. The molecule has 0 spiro atoms. The molecule has 2 aliphatic rings. The molecule has 0 bridgehead atoms. The molecule has 0 amide bonds. The maximum Gasteiger partial charge on any atom is 0.145 e. The number of nitrogens with zero attached hydrogens (tertiary/aromatic N) is 3. The number of nitrogens with one attached hydrogen (secondary N) is 1. The lowest BCUT2D eigenvalue weighted by Gasteiger charge is -2.25. The summed E-state index contributed by atoms with van der Waals surface area (Å²) in [6.07, 6.45) is 12.1. The van der Waals surface area contributed by atoms with Gasteiger partial charge in [-0.15, -0.1) is 0 Å². The third-order valence-electron chi connectivity index (χ3n) is 5.96. The third-order valence-corrected chi connectivity index (χ3v) is 6.26. The van der Waals surface area contributed by atoms with Gasteiger partial charge in [-0.2, -0.15) is 0 Å². The Balaban J connectivity index is 1.44. The van der Waals surface area contributed by atoms with E-state index in [9.17, 15) is 5.11 Å². The molecule has 29 heavy (non-hydrogen) atoms. The predicted octanol–water partition coefficient (Wildman–Crippen LogP) is 4.12. The first-order valence-corrected chi connectivity index (χ1v) is 11.0. The van der Waals surface area contributed by atoms with E-state index >= 15 is 0 Å². The van der Waals surface area contributed by atoms with Crippen molar-refractivity contribution in [2.24, 2.45) is 11.8 Å². The van der Waals surface area contributed by atoms with Crippen LogP contribution in [0.3, 0.4) is 0 Å². The van der Waals surface area contributed by atoms with Gasteiger partial charge >= 0.3 is 0 Å². The molecule has 2 aromatic rings. The summed E-state index contributed by atoms with van der Waals surface area (Å²) in [4.78, 5) is 13.6. The number of pyridine rings is 1. The van der Waals surface area contributed by atoms with Gasteiger partial charge < -0.3 is 15.2 Å². The van der Waals surface area contributed by atoms with Gasteiger partial charge in [-0.1, -0.05) is 11.6 Å². The van der Waals surface area contributed by atoms with Gasteiger partial charge in [0.2, 0.25) is 0 Å². The number of aromatic nitrogens is 3. The van der Waals surface area contributed by atoms with Crippen molar-refractivity contribution in [1.82, 2.24) is 15.0 Å². The van der Waals surface area contributed by atoms with Crippen molar-refractivity contribution in [2.45, 2.75) is 51.0 Å². The summed E-state index contributed by atoms with van der Waals surface area (Å²) >= 11 is 6.44. The molecule has 2 aromatic heterocycles. The lowest BCUT2D eigenvalue weighted by molar-refractivity contribution is 0.0595. The molecule has 1 aliphatic heterocycles. The molecule has 4 rings (SSSR count). The Hall–Kier alpha value is -1.76. The lowest BCUT2D eigenvalue weighted by Crippen LogP contribution is -2.24. The number of hydrogen-bond donors (Lipinski definition) is 2. The first kappa shape index (κ1) is 20.5. The molecule has 2 N–H and O–H groups in total. The monoisotopic (exact) mass is 416 g/mol. The molecule has 1 saturated carbocycles. The summed E-state index contributed by atoms with van der Waals surface area (Å²) in [5.74, 6) is 1.83. The standard InChI is InChI=1S/C22H29ClN4O2/c23-20-11-25-17(8-15-3-5-18(28)6-4-15)9-19(20)21-12-24-13-22(27-21)26-10-16-2-1-7-29-14-16/h9,11-13,15-16,18,28H,1-8,10,14H2,(H,26,27). The van der Waals surface area contributed by atoms with Crippen molar-refractivity contribution in [3.8, 4) is 11.3 Å². The van der Waals surface area contributed by atoms with Crippen LogP contribution in [0.5, 0.6) is 0 Å². The highest BCUT2D eigenvalue weighted by Crippen LogP contribution is 2.30. The summed E-state index contributed by atoms with van der Waals surface area (Å²) in [5, 5.41) is 13.7. The number of rotatable bonds is 6. The van der Waals surface area contributed by atoms with Crippen LogP contribution in [0.15, 0.2) is 24.7 Å². The van der Waals surface area contributed by atoms with Crippen LogP contribution in [0.4, 0.5) is 5.82 Å². The number of hydrogen-bond acceptors (Lipinski definition) is 6. The average molecular weight is 417 g/mol. The molecule has 3 heterocycles. The van der Waals surface area contributed by atoms with Gasteiger partial charge in [0.05, 0.1) is 35.8 Å². The van der Waals surface area contributed by atoms with Crippen LogP contribution in [0.1, 0.15) is 44.2 Å². The zero-order valence-corrected chi connectivity index (χ0v) is 17.4. The molecular formula is C22H29ClN4O2. The zero-order chi connectivity index (χ0) is 20.1. The number of ether oxygens (including phenoxy) is 1. The third kappa shape index (κ3) is 5.65. The number of aliphatic hydroxyl groups is 1. The zero-order valence-electron chi connectivity index (χ0n) is 16.7. The van der Waals surface area contributed by atoms with Gasteiger partial charge in [0, 0.05) is 30.6 Å². The summed E-state index contributed by atoms with van der Waals surface area (Å²) in [7, 11) is 0. The van der Waals surface area contributed by atoms with Crippen molar-refractivity contribution in [2.75, 3.05) is 25.1 Å². The Bertz CT molecular complexity index is 805. The van der Waals surface area contributed by atoms with E-state index in [1.807, 2.05) is 6.07 Å². The number of anilines is 1. The van der Waals surface area contributed by atoms with Crippen molar-refractivity contribution in [1.29, 1.82) is 0 Å². The molecule has 2 fully saturated rings. The minimum Gasteiger partial charge on any atom is -0.393 e. The number of halogens is 1. The molecule has 6 nitrogen and oxygen atoms in total. The molecule has 0 aromatic carbocycles. The lowest BCUT2D eigenvalue weighted by atomic mass is 9.84. The minimum absolute atomic E-state index is 0.134. The highest BCUT2D eigenvalue weighted by Gasteiger charge is 2.21. The second-order valence-corrected chi connectivity index (χ2v) is 8.69. The van der Waals surface area contributed by atoms with Gasteiger partial charge in [0.25, 0.3) is 0 Å². The first-order chi connectivity index (χ1) is 14.2. The van der Waals surface area contributed by atoms with E-state index in [1.165, 1.54) is 6.42 Å². The van der Waals surface area contributed by atoms with Crippen molar-refractivity contribution in [3.05, 3.63) is 35.4 Å². The predicted molar refractivity (Wildman–Crippen MR) is 114 cm³/mol. The van der Waals surface area contributed by atoms with E-state index in [0.717, 1.165) is 81.1 Å². The Morgan fingerprint density at radius 2 is 1.97 bits per heavy atom. The molecular weight excluding hydrogens is 388 g/mol. The van der Waals surface area contributed by atoms with Gasteiger partial charge in [-0.3, -0.25) is 9.97 Å². The first-order valence-electron chi connectivity index (χ1n) is 10.6. The maximum absolute atomic E-state index is 9.71. The van der Waals surface area contributed by atoms with E-state index < -0.39 is 0 Å². The van der Waals surface area contributed by atoms with Gasteiger partial charge in [-0.05, 0) is 62.8 Å². The van der Waals surface area contributed by atoms with Crippen LogP contribution >= 0.6 is 11.6 Å².